The van der Waals surface area contributed by atoms with Crippen LogP contribution in [0, 0.1) is 0 Å². The van der Waals surface area contributed by atoms with Crippen molar-refractivity contribution in [2.75, 3.05) is 25.5 Å². The summed E-state index contributed by atoms with van der Waals surface area (Å²) >= 11 is 5.97. The fourth-order valence-corrected chi connectivity index (χ4v) is 3.77. The molecule has 140 valence electrons. The summed E-state index contributed by atoms with van der Waals surface area (Å²) in [6.45, 7) is 0.317. The van der Waals surface area contributed by atoms with Gasteiger partial charge in [0.15, 0.2) is 5.82 Å². The molecule has 1 N–H and O–H groups in total. The molecule has 1 fully saturated rings. The summed E-state index contributed by atoms with van der Waals surface area (Å²) in [6, 6.07) is 14.7. The molecule has 0 aliphatic carbocycles. The zero-order valence-electron chi connectivity index (χ0n) is 14.8. The Morgan fingerprint density at radius 2 is 1.78 bits per heavy atom. The van der Waals surface area contributed by atoms with E-state index in [1.54, 1.807) is 24.1 Å². The summed E-state index contributed by atoms with van der Waals surface area (Å²) in [5.74, 6) is -2.18. The number of alkyl halides is 2. The summed E-state index contributed by atoms with van der Waals surface area (Å²) in [6.07, 6.45) is -0.216. The van der Waals surface area contributed by atoms with Crippen LogP contribution >= 0.6 is 11.6 Å². The topological polar surface area (TPSA) is 41.0 Å². The van der Waals surface area contributed by atoms with E-state index in [1.807, 2.05) is 36.4 Å². The first-order valence-corrected chi connectivity index (χ1v) is 9.13. The number of likely N-dealkylation sites (N-methyl/N-ethyl adjacent to an activating group) is 1. The second kappa shape index (κ2) is 7.02. The standard InChI is InChI=1S/C20H19ClF2N4/c1-27-11-15(10-20(22,23)12-27)24-19-17-5-3-2-4-16(17)18(25-26-19)13-6-8-14(21)9-7-13/h2-9,15H,10-12H2,1H3,(H,24,26). The van der Waals surface area contributed by atoms with Crippen LogP contribution in [-0.4, -0.2) is 47.2 Å². The number of rotatable bonds is 3. The highest BCUT2D eigenvalue weighted by atomic mass is 35.5. The van der Waals surface area contributed by atoms with E-state index in [2.05, 4.69) is 15.5 Å². The maximum Gasteiger partial charge on any atom is 0.262 e. The van der Waals surface area contributed by atoms with Gasteiger partial charge in [-0.3, -0.25) is 4.90 Å². The summed E-state index contributed by atoms with van der Waals surface area (Å²) in [7, 11) is 1.70. The van der Waals surface area contributed by atoms with Crippen molar-refractivity contribution < 1.29 is 8.78 Å². The van der Waals surface area contributed by atoms with E-state index in [0.717, 1.165) is 22.0 Å². The molecule has 0 spiro atoms. The van der Waals surface area contributed by atoms with Crippen molar-refractivity contribution in [2.45, 2.75) is 18.4 Å². The molecule has 1 atom stereocenters. The predicted molar refractivity (Wildman–Crippen MR) is 104 cm³/mol. The highest BCUT2D eigenvalue weighted by Gasteiger charge is 2.39. The van der Waals surface area contributed by atoms with Gasteiger partial charge in [-0.25, -0.2) is 8.78 Å². The first-order chi connectivity index (χ1) is 12.9. The van der Waals surface area contributed by atoms with Gasteiger partial charge in [-0.1, -0.05) is 48.0 Å². The molecule has 0 bridgehead atoms. The van der Waals surface area contributed by atoms with Gasteiger partial charge in [-0.05, 0) is 19.2 Å². The molecule has 1 aliphatic rings. The first kappa shape index (κ1) is 18.1. The van der Waals surface area contributed by atoms with Crippen molar-refractivity contribution in [2.24, 2.45) is 0 Å². The van der Waals surface area contributed by atoms with Crippen LogP contribution in [0.4, 0.5) is 14.6 Å². The van der Waals surface area contributed by atoms with E-state index in [4.69, 9.17) is 11.6 Å². The van der Waals surface area contributed by atoms with Gasteiger partial charge in [0.05, 0.1) is 6.54 Å². The lowest BCUT2D eigenvalue weighted by Gasteiger charge is -2.36. The number of nitrogens with one attached hydrogen (secondary N) is 1. The zero-order chi connectivity index (χ0) is 19.0. The minimum absolute atomic E-state index is 0.215. The third-order valence-electron chi connectivity index (χ3n) is 4.72. The fraction of sp³-hybridized carbons (Fsp3) is 0.300. The molecule has 1 saturated heterocycles. The molecule has 7 heteroatoms. The lowest BCUT2D eigenvalue weighted by molar-refractivity contribution is -0.0611. The molecular weight excluding hydrogens is 370 g/mol. The second-order valence-corrected chi connectivity index (χ2v) is 7.48. The Bertz CT molecular complexity index is 962. The van der Waals surface area contributed by atoms with Gasteiger partial charge in [0.25, 0.3) is 5.92 Å². The van der Waals surface area contributed by atoms with Crippen molar-refractivity contribution >= 4 is 28.2 Å². The molecular formula is C20H19ClF2N4. The number of hydrogen-bond acceptors (Lipinski definition) is 4. The Morgan fingerprint density at radius 3 is 2.48 bits per heavy atom. The molecule has 1 unspecified atom stereocenters. The minimum atomic E-state index is -2.71. The normalized spacial score (nSPS) is 19.9. The number of aromatic nitrogens is 2. The highest BCUT2D eigenvalue weighted by molar-refractivity contribution is 6.30. The Kier molecular flexibility index (Phi) is 4.70. The van der Waals surface area contributed by atoms with Crippen molar-refractivity contribution in [3.05, 3.63) is 53.6 Å². The van der Waals surface area contributed by atoms with Crippen LogP contribution in [0.25, 0.3) is 22.0 Å². The molecule has 0 radical (unpaired) electrons. The molecule has 4 nitrogen and oxygen atoms in total. The van der Waals surface area contributed by atoms with Crippen LogP contribution in [0.1, 0.15) is 6.42 Å². The third-order valence-corrected chi connectivity index (χ3v) is 4.98. The van der Waals surface area contributed by atoms with E-state index in [-0.39, 0.29) is 13.0 Å². The highest BCUT2D eigenvalue weighted by Crippen LogP contribution is 2.32. The number of piperidine rings is 1. The van der Waals surface area contributed by atoms with E-state index in [0.29, 0.717) is 17.4 Å². The van der Waals surface area contributed by atoms with Crippen LogP contribution in [-0.2, 0) is 0 Å². The molecule has 27 heavy (non-hydrogen) atoms. The van der Waals surface area contributed by atoms with E-state index >= 15 is 0 Å². The Hall–Kier alpha value is -2.31. The van der Waals surface area contributed by atoms with E-state index in [9.17, 15) is 8.78 Å². The number of anilines is 1. The average Bonchev–Trinajstić information content (AvgIpc) is 2.61. The lowest BCUT2D eigenvalue weighted by atomic mass is 10.0. The fourth-order valence-electron chi connectivity index (χ4n) is 3.65. The SMILES string of the molecule is CN1CC(Nc2nnc(-c3ccc(Cl)cc3)c3ccccc23)CC(F)(F)C1. The Morgan fingerprint density at radius 1 is 1.07 bits per heavy atom. The summed E-state index contributed by atoms with van der Waals surface area (Å²) < 4.78 is 27.8. The summed E-state index contributed by atoms with van der Waals surface area (Å²) in [4.78, 5) is 1.64. The molecule has 0 amide bonds. The van der Waals surface area contributed by atoms with Crippen molar-refractivity contribution in [3.63, 3.8) is 0 Å². The first-order valence-electron chi connectivity index (χ1n) is 8.75. The number of nitrogens with zero attached hydrogens (tertiary/aromatic N) is 3. The number of fused-ring (bicyclic) bond motifs is 1. The zero-order valence-corrected chi connectivity index (χ0v) is 15.5. The van der Waals surface area contributed by atoms with Crippen LogP contribution in [0.5, 0.6) is 0 Å². The van der Waals surface area contributed by atoms with Gasteiger partial charge in [0, 0.05) is 40.4 Å². The molecule has 1 aromatic heterocycles. The maximum atomic E-state index is 13.9. The minimum Gasteiger partial charge on any atom is -0.364 e. The molecule has 0 saturated carbocycles. The van der Waals surface area contributed by atoms with Gasteiger partial charge in [-0.2, -0.15) is 0 Å². The van der Waals surface area contributed by atoms with Crippen LogP contribution in [0.15, 0.2) is 48.5 Å². The molecule has 2 heterocycles. The summed E-state index contributed by atoms with van der Waals surface area (Å²) in [5, 5.41) is 14.3. The molecule has 4 rings (SSSR count). The second-order valence-electron chi connectivity index (χ2n) is 7.05. The van der Waals surface area contributed by atoms with Gasteiger partial charge in [-0.15, -0.1) is 10.2 Å². The molecule has 3 aromatic rings. The largest absolute Gasteiger partial charge is 0.364 e. The van der Waals surface area contributed by atoms with Crippen molar-refractivity contribution in [1.29, 1.82) is 0 Å². The number of hydrogen-bond donors (Lipinski definition) is 1. The van der Waals surface area contributed by atoms with Crippen molar-refractivity contribution in [1.82, 2.24) is 15.1 Å². The van der Waals surface area contributed by atoms with Gasteiger partial charge >= 0.3 is 0 Å². The van der Waals surface area contributed by atoms with Gasteiger partial charge in [0.1, 0.15) is 5.69 Å². The number of halogens is 3. The molecule has 2 aromatic carbocycles. The van der Waals surface area contributed by atoms with Crippen molar-refractivity contribution in [3.8, 4) is 11.3 Å². The van der Waals surface area contributed by atoms with Crippen LogP contribution < -0.4 is 5.32 Å². The van der Waals surface area contributed by atoms with Crippen LogP contribution in [0.2, 0.25) is 5.02 Å². The Labute approximate surface area is 161 Å². The van der Waals surface area contributed by atoms with Crippen LogP contribution in [0.3, 0.4) is 0 Å². The monoisotopic (exact) mass is 388 g/mol. The number of benzene rings is 2. The number of likely N-dealkylation sites (tertiary alicyclic amines) is 1. The van der Waals surface area contributed by atoms with Gasteiger partial charge in [0.2, 0.25) is 0 Å². The average molecular weight is 389 g/mol. The third kappa shape index (κ3) is 3.87. The lowest BCUT2D eigenvalue weighted by Crippen LogP contribution is -2.50. The molecule has 1 aliphatic heterocycles. The Balaban J connectivity index is 1.71. The van der Waals surface area contributed by atoms with E-state index < -0.39 is 12.0 Å². The predicted octanol–water partition coefficient (Wildman–Crippen LogP) is 4.70. The van der Waals surface area contributed by atoms with E-state index in [1.165, 1.54) is 0 Å². The van der Waals surface area contributed by atoms with Gasteiger partial charge < -0.3 is 5.32 Å². The summed E-state index contributed by atoms with van der Waals surface area (Å²) in [5.41, 5.74) is 1.64. The smallest absolute Gasteiger partial charge is 0.262 e. The quantitative estimate of drug-likeness (QED) is 0.706. The maximum absolute atomic E-state index is 13.9.